The molecule has 3 saturated carbocycles. The van der Waals surface area contributed by atoms with Gasteiger partial charge in [-0.15, -0.1) is 0 Å². The van der Waals surface area contributed by atoms with Gasteiger partial charge in [-0.05, 0) is 80.6 Å². The maximum atomic E-state index is 13.5. The van der Waals surface area contributed by atoms with E-state index >= 15 is 0 Å². The minimum Gasteiger partial charge on any atom is -0.458 e. The van der Waals surface area contributed by atoms with E-state index in [1.54, 1.807) is 26.0 Å². The highest BCUT2D eigenvalue weighted by Crippen LogP contribution is 2.71. The van der Waals surface area contributed by atoms with Gasteiger partial charge in [-0.2, -0.15) is 0 Å². The summed E-state index contributed by atoms with van der Waals surface area (Å²) in [5.74, 6) is -1.84. The summed E-state index contributed by atoms with van der Waals surface area (Å²) < 4.78 is 12.0. The Bertz CT molecular complexity index is 1580. The van der Waals surface area contributed by atoms with Gasteiger partial charge in [-0.3, -0.25) is 0 Å². The molecule has 0 saturated heterocycles. The molecule has 9 atom stereocenters. The molecule has 0 heterocycles. The summed E-state index contributed by atoms with van der Waals surface area (Å²) in [4.78, 5) is 26.5. The molecular formula is C39H46O8. The average molecular weight is 643 g/mol. The maximum Gasteiger partial charge on any atom is 0.331 e. The van der Waals surface area contributed by atoms with Crippen LogP contribution < -0.4 is 0 Å². The highest BCUT2D eigenvalue weighted by Gasteiger charge is 2.81. The van der Waals surface area contributed by atoms with Gasteiger partial charge in [-0.25, -0.2) is 9.59 Å². The van der Waals surface area contributed by atoms with Crippen LogP contribution in [-0.2, 0) is 19.1 Å². The first-order valence-electron chi connectivity index (χ1n) is 16.7. The van der Waals surface area contributed by atoms with E-state index in [-0.39, 0.29) is 25.7 Å². The first-order valence-corrected chi connectivity index (χ1v) is 16.7. The van der Waals surface area contributed by atoms with Crippen LogP contribution in [-0.4, -0.2) is 67.5 Å². The van der Waals surface area contributed by atoms with Crippen molar-refractivity contribution in [3.8, 4) is 0 Å². The molecule has 0 amide bonds. The van der Waals surface area contributed by atoms with Crippen molar-refractivity contribution >= 4 is 24.1 Å². The summed E-state index contributed by atoms with van der Waals surface area (Å²) in [5.41, 5.74) is -4.98. The van der Waals surface area contributed by atoms with E-state index < -0.39 is 63.8 Å². The van der Waals surface area contributed by atoms with Crippen LogP contribution in [0.3, 0.4) is 0 Å². The van der Waals surface area contributed by atoms with Crippen LogP contribution >= 0.6 is 0 Å². The number of carbonyl (C=O) groups is 2. The lowest BCUT2D eigenvalue weighted by molar-refractivity contribution is -0.326. The van der Waals surface area contributed by atoms with E-state index in [0.29, 0.717) is 19.3 Å². The van der Waals surface area contributed by atoms with Crippen molar-refractivity contribution in [2.75, 3.05) is 0 Å². The van der Waals surface area contributed by atoms with Crippen LogP contribution in [0.4, 0.5) is 0 Å². The van der Waals surface area contributed by atoms with E-state index in [4.69, 9.17) is 9.47 Å². The summed E-state index contributed by atoms with van der Waals surface area (Å²) in [6.45, 7) is 5.30. The Morgan fingerprint density at radius 2 is 1.47 bits per heavy atom. The third kappa shape index (κ3) is 5.30. The van der Waals surface area contributed by atoms with Crippen LogP contribution in [0.2, 0.25) is 0 Å². The molecule has 8 heteroatoms. The molecule has 0 radical (unpaired) electrons. The first kappa shape index (κ1) is 33.3. The summed E-state index contributed by atoms with van der Waals surface area (Å²) in [7, 11) is 0. The van der Waals surface area contributed by atoms with E-state index in [2.05, 4.69) is 6.92 Å². The van der Waals surface area contributed by atoms with E-state index in [9.17, 15) is 30.0 Å². The van der Waals surface area contributed by atoms with Gasteiger partial charge in [0.1, 0.15) is 29.0 Å². The molecule has 0 bridgehead atoms. The number of hydrogen-bond donors (Lipinski definition) is 4. The molecule has 4 N–H and O–H groups in total. The van der Waals surface area contributed by atoms with Crippen LogP contribution in [0.5, 0.6) is 0 Å². The molecule has 0 aromatic heterocycles. The minimum atomic E-state index is -1.91. The molecule has 3 unspecified atom stereocenters. The largest absolute Gasteiger partial charge is 0.458 e. The summed E-state index contributed by atoms with van der Waals surface area (Å²) in [6, 6.07) is 18.6. The van der Waals surface area contributed by atoms with Gasteiger partial charge in [0.25, 0.3) is 0 Å². The Morgan fingerprint density at radius 3 is 2.09 bits per heavy atom. The smallest absolute Gasteiger partial charge is 0.331 e. The Labute approximate surface area is 276 Å². The number of rotatable bonds is 7. The van der Waals surface area contributed by atoms with Crippen molar-refractivity contribution in [2.45, 2.75) is 101 Å². The predicted octanol–water partition coefficient (Wildman–Crippen LogP) is 5.15. The minimum absolute atomic E-state index is 0.00449. The van der Waals surface area contributed by atoms with Gasteiger partial charge in [0.2, 0.25) is 0 Å². The molecule has 3 fully saturated rings. The molecule has 47 heavy (non-hydrogen) atoms. The number of hydrogen-bond acceptors (Lipinski definition) is 8. The fraction of sp³-hybridized carbons (Fsp3) is 0.487. The van der Waals surface area contributed by atoms with Crippen molar-refractivity contribution < 1.29 is 39.5 Å². The van der Waals surface area contributed by atoms with Crippen LogP contribution in [0.1, 0.15) is 76.8 Å². The zero-order chi connectivity index (χ0) is 33.7. The van der Waals surface area contributed by atoms with Crippen molar-refractivity contribution in [2.24, 2.45) is 16.7 Å². The second kappa shape index (κ2) is 12.2. The molecular weight excluding hydrogens is 596 g/mol. The Morgan fingerprint density at radius 1 is 0.872 bits per heavy atom. The van der Waals surface area contributed by atoms with Crippen molar-refractivity contribution in [3.63, 3.8) is 0 Å². The van der Waals surface area contributed by atoms with Crippen molar-refractivity contribution in [1.29, 1.82) is 0 Å². The van der Waals surface area contributed by atoms with E-state index in [1.165, 1.54) is 12.2 Å². The van der Waals surface area contributed by atoms with Crippen LogP contribution in [0.25, 0.3) is 12.2 Å². The third-order valence-electron chi connectivity index (χ3n) is 12.3. The second-order valence-corrected chi connectivity index (χ2v) is 14.4. The third-order valence-corrected chi connectivity index (χ3v) is 12.3. The number of ether oxygens (including phenoxy) is 2. The number of carbonyl (C=O) groups excluding carboxylic acids is 2. The zero-order valence-corrected chi connectivity index (χ0v) is 27.3. The lowest BCUT2D eigenvalue weighted by atomic mass is 9.42. The normalized spacial score (nSPS) is 38.6. The van der Waals surface area contributed by atoms with Gasteiger partial charge in [0, 0.05) is 18.1 Å². The Kier molecular flexibility index (Phi) is 8.62. The standard InChI is InChI=1S/C39H46O8/c1-26(46-33(41)16-14-27-10-6-4-7-11-27)37(43)22-23-39(45)36(37,3)32(47-34(42)17-15-28-12-8-5-9-13-28)25-31-35(2)20-19-30(40)24-29(35)18-21-38(31,39)44/h4-18,26,30-32,40,43-45H,19-25H2,1-3H3/b16-14+,17-15+/t26?,30?,31-,32?,35+,36-,37+,38+,39+/m1/s1. The highest BCUT2D eigenvalue weighted by molar-refractivity contribution is 5.88. The zero-order valence-electron chi connectivity index (χ0n) is 27.3. The summed E-state index contributed by atoms with van der Waals surface area (Å²) >= 11 is 0. The molecule has 8 nitrogen and oxygen atoms in total. The van der Waals surface area contributed by atoms with Gasteiger partial charge >= 0.3 is 11.9 Å². The van der Waals surface area contributed by atoms with Gasteiger partial charge in [0.05, 0.1) is 11.5 Å². The fourth-order valence-electron chi connectivity index (χ4n) is 9.44. The van der Waals surface area contributed by atoms with Crippen molar-refractivity contribution in [3.05, 3.63) is 95.6 Å². The molecule has 250 valence electrons. The SMILES string of the molecule is CC(OC(=O)/C=C/c1ccccc1)[C@@]1(O)CC[C@]2(O)[C@]1(C)C(OC(=O)/C=C/c1ccccc1)C[C@@H]1[C@@]3(C)CCC(O)CC3=CC[C@]12O. The lowest BCUT2D eigenvalue weighted by Gasteiger charge is -2.67. The predicted molar refractivity (Wildman–Crippen MR) is 177 cm³/mol. The van der Waals surface area contributed by atoms with Crippen molar-refractivity contribution in [1.82, 2.24) is 0 Å². The number of aliphatic hydroxyl groups is 4. The lowest BCUT2D eigenvalue weighted by Crippen LogP contribution is -2.78. The number of benzene rings is 2. The molecule has 4 aliphatic rings. The molecule has 0 aliphatic heterocycles. The Hall–Kier alpha value is -3.56. The second-order valence-electron chi connectivity index (χ2n) is 14.4. The number of esters is 2. The molecule has 4 aliphatic carbocycles. The van der Waals surface area contributed by atoms with Crippen LogP contribution in [0, 0.1) is 16.7 Å². The van der Waals surface area contributed by atoms with E-state index in [0.717, 1.165) is 16.7 Å². The Balaban J connectivity index is 1.36. The molecule has 2 aromatic carbocycles. The first-order chi connectivity index (χ1) is 22.3. The summed E-state index contributed by atoms with van der Waals surface area (Å²) in [6.07, 6.45) is 7.13. The quantitative estimate of drug-likeness (QED) is 0.185. The fourth-order valence-corrected chi connectivity index (χ4v) is 9.44. The van der Waals surface area contributed by atoms with Gasteiger partial charge in [-0.1, -0.05) is 86.2 Å². The van der Waals surface area contributed by atoms with Gasteiger partial charge < -0.3 is 29.9 Å². The van der Waals surface area contributed by atoms with Crippen LogP contribution in [0.15, 0.2) is 84.5 Å². The topological polar surface area (TPSA) is 134 Å². The average Bonchev–Trinajstić information content (AvgIpc) is 3.29. The monoisotopic (exact) mass is 642 g/mol. The highest BCUT2D eigenvalue weighted by atomic mass is 16.6. The number of aliphatic hydroxyl groups excluding tert-OH is 1. The van der Waals surface area contributed by atoms with E-state index in [1.807, 2.05) is 66.7 Å². The molecule has 2 aromatic rings. The number of fused-ring (bicyclic) bond motifs is 5. The van der Waals surface area contributed by atoms with Gasteiger partial charge in [0.15, 0.2) is 0 Å². The summed E-state index contributed by atoms with van der Waals surface area (Å²) in [5, 5.41) is 48.7. The maximum absolute atomic E-state index is 13.5. The molecule has 0 spiro atoms. The molecule has 6 rings (SSSR count).